The number of benzene rings is 2. The van der Waals surface area contributed by atoms with Gasteiger partial charge in [0.25, 0.3) is 15.9 Å². The predicted octanol–water partition coefficient (Wildman–Crippen LogP) is 2.88. The van der Waals surface area contributed by atoms with Crippen LogP contribution >= 0.6 is 24.0 Å². The first-order valence-electron chi connectivity index (χ1n) is 5.37. The molecule has 0 heterocycles. The number of amides is 1. The molecule has 1 N–H and O–H groups in total. The number of hydrogen-bond acceptors (Lipinski definition) is 3. The molecule has 0 saturated heterocycles. The second kappa shape index (κ2) is 6.74. The van der Waals surface area contributed by atoms with E-state index in [-0.39, 0.29) is 27.9 Å². The first-order chi connectivity index (χ1) is 9.00. The van der Waals surface area contributed by atoms with Crippen LogP contribution in [0.5, 0.6) is 0 Å². The van der Waals surface area contributed by atoms with Crippen LogP contribution in [0, 0.1) is 0 Å². The summed E-state index contributed by atoms with van der Waals surface area (Å²) in [6.45, 7) is 0. The second-order valence-electron chi connectivity index (χ2n) is 3.73. The molecule has 0 fully saturated rings. The van der Waals surface area contributed by atoms with E-state index >= 15 is 0 Å². The van der Waals surface area contributed by atoms with Gasteiger partial charge in [0.05, 0.1) is 5.02 Å². The Hall–Kier alpha value is -1.56. The van der Waals surface area contributed by atoms with E-state index in [1.165, 1.54) is 30.3 Å². The van der Waals surface area contributed by atoms with Crippen LogP contribution in [0.4, 0.5) is 0 Å². The molecular weight excluding hydrogens is 321 g/mol. The fourth-order valence-corrected chi connectivity index (χ4v) is 2.98. The molecule has 0 bridgehead atoms. The highest BCUT2D eigenvalue weighted by Crippen LogP contribution is 2.20. The molecule has 7 heteroatoms. The third-order valence-electron chi connectivity index (χ3n) is 2.39. The quantitative estimate of drug-likeness (QED) is 0.940. The molecule has 0 unspecified atom stereocenters. The molecule has 4 nitrogen and oxygen atoms in total. The Morgan fingerprint density at radius 1 is 0.950 bits per heavy atom. The summed E-state index contributed by atoms with van der Waals surface area (Å²) in [5.74, 6) is -0.694. The van der Waals surface area contributed by atoms with Gasteiger partial charge in [-0.15, -0.1) is 12.4 Å². The van der Waals surface area contributed by atoms with Crippen LogP contribution in [0.15, 0.2) is 59.5 Å². The van der Waals surface area contributed by atoms with Crippen molar-refractivity contribution in [1.29, 1.82) is 0 Å². The lowest BCUT2D eigenvalue weighted by molar-refractivity contribution is 0.0981. The van der Waals surface area contributed by atoms with Crippen LogP contribution in [-0.2, 0) is 10.0 Å². The van der Waals surface area contributed by atoms with E-state index in [0.29, 0.717) is 0 Å². The minimum absolute atomic E-state index is 0. The number of carbonyl (C=O) groups excluding carboxylic acids is 1. The van der Waals surface area contributed by atoms with Crippen molar-refractivity contribution >= 4 is 39.9 Å². The van der Waals surface area contributed by atoms with Crippen molar-refractivity contribution in [2.75, 3.05) is 0 Å². The van der Waals surface area contributed by atoms with Crippen LogP contribution in [0.1, 0.15) is 10.4 Å². The van der Waals surface area contributed by atoms with Crippen molar-refractivity contribution in [3.05, 3.63) is 65.2 Å². The molecule has 0 aliphatic carbocycles. The highest BCUT2D eigenvalue weighted by Gasteiger charge is 2.20. The molecule has 2 aromatic rings. The van der Waals surface area contributed by atoms with Gasteiger partial charge >= 0.3 is 0 Å². The smallest absolute Gasteiger partial charge is 0.265 e. The molecule has 0 aliphatic heterocycles. The molecule has 0 spiro atoms. The third-order valence-corrected chi connectivity index (χ3v) is 4.22. The van der Waals surface area contributed by atoms with E-state index in [0.717, 1.165) is 0 Å². The zero-order valence-electron chi connectivity index (χ0n) is 10.1. The molecule has 20 heavy (non-hydrogen) atoms. The van der Waals surface area contributed by atoms with Gasteiger partial charge < -0.3 is 0 Å². The van der Waals surface area contributed by atoms with Gasteiger partial charge in [0.2, 0.25) is 0 Å². The Bertz CT molecular complexity index is 703. The minimum Gasteiger partial charge on any atom is -0.268 e. The van der Waals surface area contributed by atoms with Crippen LogP contribution in [0.25, 0.3) is 0 Å². The maximum Gasteiger partial charge on any atom is 0.265 e. The first kappa shape index (κ1) is 16.5. The number of nitrogens with one attached hydrogen (secondary N) is 1. The number of rotatable bonds is 3. The minimum atomic E-state index is -3.97. The number of sulfonamides is 1. The van der Waals surface area contributed by atoms with Crippen molar-refractivity contribution in [3.8, 4) is 0 Å². The van der Waals surface area contributed by atoms with E-state index in [4.69, 9.17) is 11.6 Å². The number of carbonyl (C=O) groups is 1. The molecule has 0 aromatic heterocycles. The van der Waals surface area contributed by atoms with Crippen molar-refractivity contribution in [3.63, 3.8) is 0 Å². The van der Waals surface area contributed by atoms with Crippen LogP contribution < -0.4 is 4.72 Å². The summed E-state index contributed by atoms with van der Waals surface area (Å²) in [6, 6.07) is 14.0. The van der Waals surface area contributed by atoms with Crippen molar-refractivity contribution in [2.24, 2.45) is 0 Å². The summed E-state index contributed by atoms with van der Waals surface area (Å²) in [4.78, 5) is 11.7. The Kier molecular flexibility index (Phi) is 5.56. The fraction of sp³-hybridized carbons (Fsp3) is 0. The van der Waals surface area contributed by atoms with Gasteiger partial charge in [-0.1, -0.05) is 41.9 Å². The average Bonchev–Trinajstić information content (AvgIpc) is 2.39. The van der Waals surface area contributed by atoms with E-state index in [1.807, 2.05) is 4.72 Å². The van der Waals surface area contributed by atoms with E-state index < -0.39 is 15.9 Å². The Morgan fingerprint density at radius 3 is 2.10 bits per heavy atom. The van der Waals surface area contributed by atoms with Crippen molar-refractivity contribution in [1.82, 2.24) is 4.72 Å². The Morgan fingerprint density at radius 2 is 1.50 bits per heavy atom. The van der Waals surface area contributed by atoms with E-state index in [9.17, 15) is 13.2 Å². The Labute approximate surface area is 128 Å². The van der Waals surface area contributed by atoms with Crippen LogP contribution in [0.3, 0.4) is 0 Å². The summed E-state index contributed by atoms with van der Waals surface area (Å²) in [5.41, 5.74) is 0.262. The molecule has 1 amide bonds. The number of hydrogen-bond donors (Lipinski definition) is 1. The molecule has 2 rings (SSSR count). The summed E-state index contributed by atoms with van der Waals surface area (Å²) in [5, 5.41) is 0.0656. The molecule has 0 radical (unpaired) electrons. The first-order valence-corrected chi connectivity index (χ1v) is 7.23. The summed E-state index contributed by atoms with van der Waals surface area (Å²) < 4.78 is 26.0. The standard InChI is InChI=1S/C13H10ClNO3S.ClH/c14-11-8-4-5-9-12(11)19(17,18)15-13(16)10-6-2-1-3-7-10;/h1-9H,(H,15,16);1H. The van der Waals surface area contributed by atoms with E-state index in [1.54, 1.807) is 24.3 Å². The summed E-state index contributed by atoms with van der Waals surface area (Å²) >= 11 is 5.81. The van der Waals surface area contributed by atoms with Gasteiger partial charge in [-0.2, -0.15) is 0 Å². The van der Waals surface area contributed by atoms with Gasteiger partial charge in [0.1, 0.15) is 4.90 Å². The van der Waals surface area contributed by atoms with Gasteiger partial charge in [0, 0.05) is 5.56 Å². The molecule has 0 aliphatic rings. The van der Waals surface area contributed by atoms with Gasteiger partial charge in [0.15, 0.2) is 0 Å². The second-order valence-corrected chi connectivity index (χ2v) is 5.79. The molecule has 0 atom stereocenters. The highest BCUT2D eigenvalue weighted by molar-refractivity contribution is 7.90. The van der Waals surface area contributed by atoms with Crippen LogP contribution in [-0.4, -0.2) is 14.3 Å². The topological polar surface area (TPSA) is 63.2 Å². The van der Waals surface area contributed by atoms with Gasteiger partial charge in [-0.3, -0.25) is 4.79 Å². The maximum absolute atomic E-state index is 12.0. The fourth-order valence-electron chi connectivity index (χ4n) is 1.49. The Balaban J connectivity index is 0.00000200. The summed E-state index contributed by atoms with van der Waals surface area (Å²) in [6.07, 6.45) is 0. The van der Waals surface area contributed by atoms with Crippen molar-refractivity contribution in [2.45, 2.75) is 4.90 Å². The summed E-state index contributed by atoms with van der Waals surface area (Å²) in [7, 11) is -3.97. The van der Waals surface area contributed by atoms with Crippen LogP contribution in [0.2, 0.25) is 5.02 Å². The lowest BCUT2D eigenvalue weighted by atomic mass is 10.2. The predicted molar refractivity (Wildman–Crippen MR) is 79.8 cm³/mol. The SMILES string of the molecule is Cl.O=C(NS(=O)(=O)c1ccccc1Cl)c1ccccc1. The largest absolute Gasteiger partial charge is 0.268 e. The molecule has 106 valence electrons. The number of halogens is 2. The lowest BCUT2D eigenvalue weighted by Gasteiger charge is -2.08. The van der Waals surface area contributed by atoms with Gasteiger partial charge in [-0.05, 0) is 24.3 Å². The highest BCUT2D eigenvalue weighted by atomic mass is 35.5. The average molecular weight is 332 g/mol. The molecule has 2 aromatic carbocycles. The zero-order chi connectivity index (χ0) is 13.9. The van der Waals surface area contributed by atoms with Gasteiger partial charge in [-0.25, -0.2) is 13.1 Å². The lowest BCUT2D eigenvalue weighted by Crippen LogP contribution is -2.30. The van der Waals surface area contributed by atoms with Crippen molar-refractivity contribution < 1.29 is 13.2 Å². The molecular formula is C13H11Cl2NO3S. The normalized spacial score (nSPS) is 10.4. The maximum atomic E-state index is 12.0. The molecule has 0 saturated carbocycles. The zero-order valence-corrected chi connectivity index (χ0v) is 12.5. The monoisotopic (exact) mass is 331 g/mol. The van der Waals surface area contributed by atoms with E-state index in [2.05, 4.69) is 0 Å². The third kappa shape index (κ3) is 3.72.